The molecule has 1 unspecified atom stereocenters. The van der Waals surface area contributed by atoms with Crippen LogP contribution in [0.4, 0.5) is 0 Å². The average Bonchev–Trinajstić information content (AvgIpc) is 3.57. The summed E-state index contributed by atoms with van der Waals surface area (Å²) in [4.78, 5) is 15.2. The van der Waals surface area contributed by atoms with E-state index in [1.54, 1.807) is 12.1 Å². The Morgan fingerprint density at radius 1 is 1.07 bits per heavy atom. The van der Waals surface area contributed by atoms with Crippen molar-refractivity contribution in [1.82, 2.24) is 10.2 Å². The number of nitrogens with one attached hydrogen (secondary N) is 1. The summed E-state index contributed by atoms with van der Waals surface area (Å²) in [7, 11) is -3.68. The maximum Gasteiger partial charge on any atom is 0.238 e. The lowest BCUT2D eigenvalue weighted by Gasteiger charge is -2.35. The van der Waals surface area contributed by atoms with Gasteiger partial charge in [0.15, 0.2) is 0 Å². The van der Waals surface area contributed by atoms with Gasteiger partial charge in [-0.05, 0) is 67.3 Å². The van der Waals surface area contributed by atoms with E-state index in [1.165, 1.54) is 42.5 Å². The second-order valence-electron chi connectivity index (χ2n) is 8.30. The summed E-state index contributed by atoms with van der Waals surface area (Å²) >= 11 is 0. The van der Waals surface area contributed by atoms with E-state index in [9.17, 15) is 13.2 Å². The van der Waals surface area contributed by atoms with Crippen molar-refractivity contribution >= 4 is 15.9 Å². The van der Waals surface area contributed by atoms with Crippen LogP contribution in [0.15, 0.2) is 53.4 Å². The molecule has 2 aliphatic carbocycles. The lowest BCUT2D eigenvalue weighted by molar-refractivity contribution is -0.123. The number of rotatable bonds is 8. The lowest BCUT2D eigenvalue weighted by Crippen LogP contribution is -2.42. The minimum Gasteiger partial charge on any atom is -0.355 e. The first-order valence-corrected chi connectivity index (χ1v) is 12.2. The van der Waals surface area contributed by atoms with Crippen LogP contribution in [0, 0.1) is 0 Å². The summed E-state index contributed by atoms with van der Waals surface area (Å²) in [6.45, 7) is 0.946. The second-order valence-corrected chi connectivity index (χ2v) is 9.86. The summed E-state index contributed by atoms with van der Waals surface area (Å²) in [6.07, 6.45) is 6.39. The highest BCUT2D eigenvalue weighted by molar-refractivity contribution is 7.89. The Balaban J connectivity index is 1.33. The molecule has 2 aliphatic rings. The van der Waals surface area contributed by atoms with Crippen LogP contribution < -0.4 is 10.5 Å². The van der Waals surface area contributed by atoms with Crippen molar-refractivity contribution < 1.29 is 13.2 Å². The third-order valence-corrected chi connectivity index (χ3v) is 7.00. The van der Waals surface area contributed by atoms with Crippen LogP contribution in [0.5, 0.6) is 0 Å². The van der Waals surface area contributed by atoms with Crippen LogP contribution in [0.2, 0.25) is 0 Å². The zero-order chi connectivity index (χ0) is 21.1. The highest BCUT2D eigenvalue weighted by atomic mass is 32.2. The standard InChI is InChI=1S/C23H29N3O3S/c24-30(28,29)20-12-8-17(9-13-20)14-15-25-23(27)16-26(19-10-11-19)22-7-3-5-18-4-1-2-6-21(18)22/h1-2,4,6,8-9,12-13,19,22H,3,5,7,10-11,14-16H2,(H,25,27)(H2,24,28,29). The summed E-state index contributed by atoms with van der Waals surface area (Å²) in [5, 5.41) is 8.15. The monoisotopic (exact) mass is 427 g/mol. The first kappa shape index (κ1) is 21.0. The molecule has 0 radical (unpaired) electrons. The Kier molecular flexibility index (Phi) is 6.22. The van der Waals surface area contributed by atoms with Crippen LogP contribution in [0.1, 0.15) is 48.4 Å². The molecule has 0 saturated heterocycles. The first-order valence-electron chi connectivity index (χ1n) is 10.6. The molecule has 6 nitrogen and oxygen atoms in total. The molecule has 0 bridgehead atoms. The summed E-state index contributed by atoms with van der Waals surface area (Å²) < 4.78 is 22.7. The fourth-order valence-corrected chi connectivity index (χ4v) is 4.90. The topological polar surface area (TPSA) is 92.5 Å². The molecular formula is C23H29N3O3S. The average molecular weight is 428 g/mol. The molecule has 0 spiro atoms. The molecule has 4 rings (SSSR count). The van der Waals surface area contributed by atoms with E-state index in [1.807, 2.05) is 0 Å². The van der Waals surface area contributed by atoms with E-state index in [0.29, 0.717) is 31.6 Å². The largest absolute Gasteiger partial charge is 0.355 e. The zero-order valence-electron chi connectivity index (χ0n) is 17.1. The molecule has 0 aromatic heterocycles. The van der Waals surface area contributed by atoms with Crippen LogP contribution in [-0.4, -0.2) is 38.4 Å². The molecular weight excluding hydrogens is 398 g/mol. The number of aryl methyl sites for hydroxylation is 1. The number of primary sulfonamides is 1. The van der Waals surface area contributed by atoms with Crippen molar-refractivity contribution in [2.45, 2.75) is 55.5 Å². The molecule has 160 valence electrons. The summed E-state index contributed by atoms with van der Waals surface area (Å²) in [5.74, 6) is 0.0473. The number of nitrogens with zero attached hydrogens (tertiary/aromatic N) is 1. The molecule has 30 heavy (non-hydrogen) atoms. The van der Waals surface area contributed by atoms with Crippen LogP contribution in [0.25, 0.3) is 0 Å². The Labute approximate surface area is 178 Å². The van der Waals surface area contributed by atoms with Crippen molar-refractivity contribution in [1.29, 1.82) is 0 Å². The van der Waals surface area contributed by atoms with Gasteiger partial charge in [0, 0.05) is 18.6 Å². The van der Waals surface area contributed by atoms with E-state index in [4.69, 9.17) is 5.14 Å². The third kappa shape index (κ3) is 5.09. The van der Waals surface area contributed by atoms with Gasteiger partial charge in [0.25, 0.3) is 0 Å². The fourth-order valence-electron chi connectivity index (χ4n) is 4.39. The predicted octanol–water partition coefficient (Wildman–Crippen LogP) is 2.53. The quantitative estimate of drug-likeness (QED) is 0.677. The van der Waals surface area contributed by atoms with Gasteiger partial charge in [-0.3, -0.25) is 9.69 Å². The zero-order valence-corrected chi connectivity index (χ0v) is 17.9. The highest BCUT2D eigenvalue weighted by Crippen LogP contribution is 2.40. The summed E-state index contributed by atoms with van der Waals surface area (Å²) in [6, 6.07) is 16.0. The number of carbonyl (C=O) groups is 1. The van der Waals surface area contributed by atoms with Gasteiger partial charge >= 0.3 is 0 Å². The number of sulfonamides is 1. The molecule has 2 aromatic carbocycles. The smallest absolute Gasteiger partial charge is 0.238 e. The van der Waals surface area contributed by atoms with Gasteiger partial charge < -0.3 is 5.32 Å². The molecule has 1 atom stereocenters. The normalized spacial score (nSPS) is 18.8. The fraction of sp³-hybridized carbons (Fsp3) is 0.435. The maximum atomic E-state index is 12.7. The van der Waals surface area contributed by atoms with E-state index in [2.05, 4.69) is 34.5 Å². The van der Waals surface area contributed by atoms with Crippen molar-refractivity contribution in [3.05, 3.63) is 65.2 Å². The SMILES string of the molecule is NS(=O)(=O)c1ccc(CCNC(=O)CN(C2CC2)C2CCCc3ccccc32)cc1. The van der Waals surface area contributed by atoms with Crippen molar-refractivity contribution in [3.8, 4) is 0 Å². The number of carbonyl (C=O) groups excluding carboxylic acids is 1. The van der Waals surface area contributed by atoms with E-state index < -0.39 is 10.0 Å². The number of benzene rings is 2. The molecule has 2 aromatic rings. The van der Waals surface area contributed by atoms with Crippen molar-refractivity contribution in [2.75, 3.05) is 13.1 Å². The molecule has 1 saturated carbocycles. The van der Waals surface area contributed by atoms with Gasteiger partial charge in [-0.1, -0.05) is 36.4 Å². The van der Waals surface area contributed by atoms with E-state index in [-0.39, 0.29) is 10.8 Å². The summed E-state index contributed by atoms with van der Waals surface area (Å²) in [5.41, 5.74) is 3.77. The van der Waals surface area contributed by atoms with Crippen LogP contribution in [0.3, 0.4) is 0 Å². The number of hydrogen-bond donors (Lipinski definition) is 2. The molecule has 1 amide bonds. The van der Waals surface area contributed by atoms with Crippen molar-refractivity contribution in [3.63, 3.8) is 0 Å². The van der Waals surface area contributed by atoms with Gasteiger partial charge in [0.2, 0.25) is 15.9 Å². The number of nitrogens with two attached hydrogens (primary N) is 1. The Morgan fingerprint density at radius 3 is 2.50 bits per heavy atom. The molecule has 0 aliphatic heterocycles. The van der Waals surface area contributed by atoms with Crippen LogP contribution >= 0.6 is 0 Å². The van der Waals surface area contributed by atoms with Gasteiger partial charge in [0.05, 0.1) is 11.4 Å². The first-order chi connectivity index (χ1) is 14.4. The Bertz CT molecular complexity index is 1000. The third-order valence-electron chi connectivity index (χ3n) is 6.07. The molecule has 3 N–H and O–H groups in total. The lowest BCUT2D eigenvalue weighted by atomic mass is 9.86. The highest BCUT2D eigenvalue weighted by Gasteiger charge is 2.37. The minimum absolute atomic E-state index is 0.0473. The molecule has 7 heteroatoms. The van der Waals surface area contributed by atoms with Crippen LogP contribution in [-0.2, 0) is 27.7 Å². The van der Waals surface area contributed by atoms with Gasteiger partial charge in [-0.25, -0.2) is 13.6 Å². The van der Waals surface area contributed by atoms with Gasteiger partial charge in [-0.15, -0.1) is 0 Å². The number of fused-ring (bicyclic) bond motifs is 1. The number of amides is 1. The minimum atomic E-state index is -3.68. The molecule has 0 heterocycles. The second kappa shape index (κ2) is 8.88. The van der Waals surface area contributed by atoms with Crippen molar-refractivity contribution in [2.24, 2.45) is 5.14 Å². The van der Waals surface area contributed by atoms with E-state index in [0.717, 1.165) is 18.4 Å². The predicted molar refractivity (Wildman–Crippen MR) is 116 cm³/mol. The Hall–Kier alpha value is -2.22. The van der Waals surface area contributed by atoms with E-state index >= 15 is 0 Å². The van der Waals surface area contributed by atoms with Gasteiger partial charge in [0.1, 0.15) is 0 Å². The maximum absolute atomic E-state index is 12.7. The Morgan fingerprint density at radius 2 is 1.80 bits per heavy atom. The molecule has 1 fully saturated rings. The number of hydrogen-bond acceptors (Lipinski definition) is 4. The van der Waals surface area contributed by atoms with Gasteiger partial charge in [-0.2, -0.15) is 0 Å².